The first-order valence-corrected chi connectivity index (χ1v) is 5.84. The highest BCUT2D eigenvalue weighted by molar-refractivity contribution is 5.84. The summed E-state index contributed by atoms with van der Waals surface area (Å²) in [6, 6.07) is 7.67. The molecule has 0 spiro atoms. The fraction of sp³-hybridized carbons (Fsp3) is 0.333. The second kappa shape index (κ2) is 4.75. The maximum absolute atomic E-state index is 5.86. The number of hydrogen-bond acceptors (Lipinski definition) is 6. The summed E-state index contributed by atoms with van der Waals surface area (Å²) < 4.78 is 11.1. The van der Waals surface area contributed by atoms with E-state index in [-0.39, 0.29) is 6.10 Å². The van der Waals surface area contributed by atoms with Crippen LogP contribution in [0.3, 0.4) is 0 Å². The minimum Gasteiger partial charge on any atom is -0.471 e. The third-order valence-corrected chi connectivity index (χ3v) is 2.86. The molecular formula is C12H14N4O2. The molecule has 1 unspecified atom stereocenters. The molecule has 1 saturated heterocycles. The van der Waals surface area contributed by atoms with Crippen molar-refractivity contribution in [3.05, 3.63) is 24.3 Å². The zero-order valence-corrected chi connectivity index (χ0v) is 9.80. The molecule has 0 radical (unpaired) electrons. The van der Waals surface area contributed by atoms with Crippen LogP contribution >= 0.6 is 0 Å². The van der Waals surface area contributed by atoms with Crippen molar-refractivity contribution in [3.63, 3.8) is 0 Å². The lowest BCUT2D eigenvalue weighted by atomic mass is 10.2. The van der Waals surface area contributed by atoms with Crippen molar-refractivity contribution in [1.29, 1.82) is 0 Å². The normalized spacial score (nSPS) is 19.1. The van der Waals surface area contributed by atoms with Crippen LogP contribution in [0.5, 0.6) is 5.88 Å². The predicted molar refractivity (Wildman–Crippen MR) is 67.2 cm³/mol. The van der Waals surface area contributed by atoms with Gasteiger partial charge in [-0.2, -0.15) is 4.98 Å². The molecule has 0 saturated carbocycles. The van der Waals surface area contributed by atoms with E-state index in [2.05, 4.69) is 15.4 Å². The molecule has 2 aromatic rings. The SMILES string of the molecule is NNc1nc(OC2CCOC2)c2ccccc2n1. The van der Waals surface area contributed by atoms with Crippen LogP contribution in [-0.4, -0.2) is 29.3 Å². The number of nitrogens with two attached hydrogens (primary N) is 1. The van der Waals surface area contributed by atoms with Gasteiger partial charge < -0.3 is 9.47 Å². The zero-order chi connectivity index (χ0) is 12.4. The average Bonchev–Trinajstić information content (AvgIpc) is 2.91. The number of anilines is 1. The molecule has 0 amide bonds. The lowest BCUT2D eigenvalue weighted by Gasteiger charge is -2.13. The lowest BCUT2D eigenvalue weighted by Crippen LogP contribution is -2.18. The maximum atomic E-state index is 5.86. The Morgan fingerprint density at radius 2 is 2.22 bits per heavy atom. The minimum atomic E-state index is 0.0499. The Morgan fingerprint density at radius 3 is 3.00 bits per heavy atom. The molecule has 2 heterocycles. The number of nitrogens with zero attached hydrogens (tertiary/aromatic N) is 2. The van der Waals surface area contributed by atoms with Crippen LogP contribution in [0.1, 0.15) is 6.42 Å². The molecule has 3 rings (SSSR count). The zero-order valence-electron chi connectivity index (χ0n) is 9.80. The van der Waals surface area contributed by atoms with Crippen molar-refractivity contribution in [2.75, 3.05) is 18.6 Å². The largest absolute Gasteiger partial charge is 0.471 e. The first-order valence-electron chi connectivity index (χ1n) is 5.84. The number of para-hydroxylation sites is 1. The standard InChI is InChI=1S/C12H14N4O2/c13-16-12-14-10-4-2-1-3-9(10)11(15-12)18-8-5-6-17-7-8/h1-4,8H,5-7,13H2,(H,14,15,16). The fourth-order valence-corrected chi connectivity index (χ4v) is 1.97. The quantitative estimate of drug-likeness (QED) is 0.623. The summed E-state index contributed by atoms with van der Waals surface area (Å²) in [6.45, 7) is 1.33. The Labute approximate surface area is 104 Å². The van der Waals surface area contributed by atoms with Crippen LogP contribution in [0.2, 0.25) is 0 Å². The number of benzene rings is 1. The molecule has 1 atom stereocenters. The van der Waals surface area contributed by atoms with E-state index >= 15 is 0 Å². The van der Waals surface area contributed by atoms with Gasteiger partial charge >= 0.3 is 0 Å². The summed E-state index contributed by atoms with van der Waals surface area (Å²) >= 11 is 0. The van der Waals surface area contributed by atoms with Crippen LogP contribution in [-0.2, 0) is 4.74 Å². The Bertz CT molecular complexity index is 555. The molecule has 6 heteroatoms. The minimum absolute atomic E-state index is 0.0499. The van der Waals surface area contributed by atoms with Crippen molar-refractivity contribution < 1.29 is 9.47 Å². The molecular weight excluding hydrogens is 232 g/mol. The van der Waals surface area contributed by atoms with E-state index in [4.69, 9.17) is 15.3 Å². The third-order valence-electron chi connectivity index (χ3n) is 2.86. The summed E-state index contributed by atoms with van der Waals surface area (Å²) in [5.41, 5.74) is 3.25. The molecule has 1 aliphatic heterocycles. The van der Waals surface area contributed by atoms with Crippen molar-refractivity contribution >= 4 is 16.9 Å². The summed E-state index contributed by atoms with van der Waals surface area (Å²) in [7, 11) is 0. The van der Waals surface area contributed by atoms with Crippen molar-refractivity contribution in [2.45, 2.75) is 12.5 Å². The van der Waals surface area contributed by atoms with E-state index in [9.17, 15) is 0 Å². The number of ether oxygens (including phenoxy) is 2. The van der Waals surface area contributed by atoms with E-state index in [0.29, 0.717) is 18.4 Å². The molecule has 1 aliphatic rings. The summed E-state index contributed by atoms with van der Waals surface area (Å²) in [5.74, 6) is 6.26. The first kappa shape index (κ1) is 11.2. The summed E-state index contributed by atoms with van der Waals surface area (Å²) in [6.07, 6.45) is 0.929. The van der Waals surface area contributed by atoms with Gasteiger partial charge in [-0.05, 0) is 12.1 Å². The van der Waals surface area contributed by atoms with E-state index < -0.39 is 0 Å². The van der Waals surface area contributed by atoms with E-state index in [1.165, 1.54) is 0 Å². The number of nitrogens with one attached hydrogen (secondary N) is 1. The van der Waals surface area contributed by atoms with Gasteiger partial charge in [-0.25, -0.2) is 10.8 Å². The summed E-state index contributed by atoms with van der Waals surface area (Å²) in [5, 5.41) is 0.878. The highest BCUT2D eigenvalue weighted by Crippen LogP contribution is 2.25. The highest BCUT2D eigenvalue weighted by atomic mass is 16.5. The van der Waals surface area contributed by atoms with Gasteiger partial charge in [0, 0.05) is 6.42 Å². The molecule has 1 fully saturated rings. The van der Waals surface area contributed by atoms with Gasteiger partial charge in [0.05, 0.1) is 24.1 Å². The molecule has 1 aromatic heterocycles. The van der Waals surface area contributed by atoms with Gasteiger partial charge in [-0.3, -0.25) is 5.43 Å². The summed E-state index contributed by atoms with van der Waals surface area (Å²) in [4.78, 5) is 8.53. The van der Waals surface area contributed by atoms with Crippen LogP contribution in [0.15, 0.2) is 24.3 Å². The fourth-order valence-electron chi connectivity index (χ4n) is 1.97. The van der Waals surface area contributed by atoms with Gasteiger partial charge in [0.1, 0.15) is 6.10 Å². The van der Waals surface area contributed by atoms with Crippen LogP contribution < -0.4 is 16.0 Å². The van der Waals surface area contributed by atoms with Crippen LogP contribution in [0, 0.1) is 0 Å². The van der Waals surface area contributed by atoms with Crippen LogP contribution in [0.25, 0.3) is 10.9 Å². The third kappa shape index (κ3) is 2.07. The second-order valence-corrected chi connectivity index (χ2v) is 4.12. The van der Waals surface area contributed by atoms with Gasteiger partial charge in [0.2, 0.25) is 11.8 Å². The lowest BCUT2D eigenvalue weighted by molar-refractivity contribution is 0.139. The van der Waals surface area contributed by atoms with E-state index in [1.807, 2.05) is 24.3 Å². The Balaban J connectivity index is 2.01. The second-order valence-electron chi connectivity index (χ2n) is 4.12. The van der Waals surface area contributed by atoms with Gasteiger partial charge in [-0.1, -0.05) is 12.1 Å². The number of hydrazine groups is 1. The number of nitrogen functional groups attached to an aromatic ring is 1. The van der Waals surface area contributed by atoms with E-state index in [0.717, 1.165) is 23.9 Å². The van der Waals surface area contributed by atoms with Gasteiger partial charge in [0.15, 0.2) is 0 Å². The monoisotopic (exact) mass is 246 g/mol. The Hall–Kier alpha value is -1.92. The number of rotatable bonds is 3. The molecule has 3 N–H and O–H groups in total. The number of aromatic nitrogens is 2. The highest BCUT2D eigenvalue weighted by Gasteiger charge is 2.19. The predicted octanol–water partition coefficient (Wildman–Crippen LogP) is 1.08. The molecule has 6 nitrogen and oxygen atoms in total. The Morgan fingerprint density at radius 1 is 1.33 bits per heavy atom. The van der Waals surface area contributed by atoms with Crippen molar-refractivity contribution in [2.24, 2.45) is 5.84 Å². The van der Waals surface area contributed by atoms with Crippen LogP contribution in [0.4, 0.5) is 5.95 Å². The maximum Gasteiger partial charge on any atom is 0.241 e. The topological polar surface area (TPSA) is 82.3 Å². The number of fused-ring (bicyclic) bond motifs is 1. The molecule has 0 bridgehead atoms. The molecule has 18 heavy (non-hydrogen) atoms. The smallest absolute Gasteiger partial charge is 0.241 e. The van der Waals surface area contributed by atoms with Crippen molar-refractivity contribution in [1.82, 2.24) is 9.97 Å². The molecule has 1 aromatic carbocycles. The average molecular weight is 246 g/mol. The van der Waals surface area contributed by atoms with Crippen molar-refractivity contribution in [3.8, 4) is 5.88 Å². The first-order chi connectivity index (χ1) is 8.86. The molecule has 94 valence electrons. The van der Waals surface area contributed by atoms with Gasteiger partial charge in [-0.15, -0.1) is 0 Å². The molecule has 0 aliphatic carbocycles. The van der Waals surface area contributed by atoms with Gasteiger partial charge in [0.25, 0.3) is 0 Å². The number of hydrogen-bond donors (Lipinski definition) is 2. The van der Waals surface area contributed by atoms with E-state index in [1.54, 1.807) is 0 Å². The Kier molecular flexibility index (Phi) is 2.95.